The van der Waals surface area contributed by atoms with Crippen LogP contribution in [-0.2, 0) is 0 Å². The third-order valence-corrected chi connectivity index (χ3v) is 3.52. The van der Waals surface area contributed by atoms with Gasteiger partial charge in [-0.25, -0.2) is 5.10 Å². The number of hydrogen-bond donors (Lipinski definition) is 1. The summed E-state index contributed by atoms with van der Waals surface area (Å²) in [6.45, 7) is 9.81. The SMILES string of the molecule is CC(C)N(CC1CC1)c1n[nH]c(=S)n1C(C)C. The van der Waals surface area contributed by atoms with Crippen LogP contribution in [0, 0.1) is 10.7 Å². The van der Waals surface area contributed by atoms with Gasteiger partial charge in [-0.1, -0.05) is 0 Å². The van der Waals surface area contributed by atoms with E-state index in [0.29, 0.717) is 12.1 Å². The van der Waals surface area contributed by atoms with Crippen LogP contribution in [0.3, 0.4) is 0 Å². The van der Waals surface area contributed by atoms with Crippen LogP contribution in [-0.4, -0.2) is 27.4 Å². The first-order chi connectivity index (χ1) is 8.00. The van der Waals surface area contributed by atoms with Crippen LogP contribution in [0.15, 0.2) is 0 Å². The first kappa shape index (κ1) is 12.6. The quantitative estimate of drug-likeness (QED) is 0.820. The van der Waals surface area contributed by atoms with Crippen molar-refractivity contribution in [2.45, 2.75) is 52.6 Å². The molecule has 1 N–H and O–H groups in total. The van der Waals surface area contributed by atoms with E-state index in [1.54, 1.807) is 0 Å². The molecule has 0 aliphatic heterocycles. The Morgan fingerprint density at radius 2 is 2.06 bits per heavy atom. The Bertz CT molecular complexity index is 428. The van der Waals surface area contributed by atoms with Crippen molar-refractivity contribution in [1.29, 1.82) is 0 Å². The van der Waals surface area contributed by atoms with E-state index >= 15 is 0 Å². The average molecular weight is 254 g/mol. The van der Waals surface area contributed by atoms with Crippen molar-refractivity contribution < 1.29 is 0 Å². The highest BCUT2D eigenvalue weighted by molar-refractivity contribution is 7.71. The number of H-pyrrole nitrogens is 1. The lowest BCUT2D eigenvalue weighted by Crippen LogP contribution is -2.35. The van der Waals surface area contributed by atoms with Crippen molar-refractivity contribution in [2.24, 2.45) is 5.92 Å². The van der Waals surface area contributed by atoms with Crippen LogP contribution in [0.25, 0.3) is 0 Å². The van der Waals surface area contributed by atoms with Crippen molar-refractivity contribution in [3.05, 3.63) is 4.77 Å². The van der Waals surface area contributed by atoms with Gasteiger partial charge in [0.2, 0.25) is 5.95 Å². The minimum atomic E-state index is 0.344. The van der Waals surface area contributed by atoms with Gasteiger partial charge < -0.3 is 4.90 Å². The molecule has 1 aromatic rings. The Kier molecular flexibility index (Phi) is 3.56. The summed E-state index contributed by atoms with van der Waals surface area (Å²) >= 11 is 5.30. The normalized spacial score (nSPS) is 15.9. The van der Waals surface area contributed by atoms with Crippen LogP contribution < -0.4 is 4.90 Å². The van der Waals surface area contributed by atoms with Crippen LogP contribution >= 0.6 is 12.2 Å². The lowest BCUT2D eigenvalue weighted by Gasteiger charge is -2.28. The number of aromatic amines is 1. The molecule has 4 nitrogen and oxygen atoms in total. The molecule has 0 spiro atoms. The molecule has 1 fully saturated rings. The standard InChI is InChI=1S/C12H22N4S/c1-8(2)15(7-10-5-6-10)11-13-14-12(17)16(11)9(3)4/h8-10H,5-7H2,1-4H3,(H,14,17). The Labute approximate surface area is 108 Å². The maximum absolute atomic E-state index is 5.30. The molecule has 5 heteroatoms. The van der Waals surface area contributed by atoms with E-state index in [1.165, 1.54) is 12.8 Å². The number of nitrogens with one attached hydrogen (secondary N) is 1. The molecule has 1 aliphatic rings. The number of anilines is 1. The minimum absolute atomic E-state index is 0.344. The van der Waals surface area contributed by atoms with Crippen LogP contribution in [0.2, 0.25) is 0 Å². The summed E-state index contributed by atoms with van der Waals surface area (Å²) < 4.78 is 2.83. The van der Waals surface area contributed by atoms with Gasteiger partial charge in [0.05, 0.1) is 0 Å². The summed E-state index contributed by atoms with van der Waals surface area (Å²) in [4.78, 5) is 2.37. The van der Waals surface area contributed by atoms with Gasteiger partial charge in [0.1, 0.15) is 0 Å². The molecule has 0 unspecified atom stereocenters. The molecule has 1 heterocycles. The van der Waals surface area contributed by atoms with Crippen molar-refractivity contribution in [3.8, 4) is 0 Å². The third-order valence-electron chi connectivity index (χ3n) is 3.23. The highest BCUT2D eigenvalue weighted by Crippen LogP contribution is 2.32. The number of nitrogens with zero attached hydrogens (tertiary/aromatic N) is 3. The Hall–Kier alpha value is -0.840. The van der Waals surface area contributed by atoms with Gasteiger partial charge in [-0.2, -0.15) is 0 Å². The van der Waals surface area contributed by atoms with E-state index in [9.17, 15) is 0 Å². The summed E-state index contributed by atoms with van der Waals surface area (Å²) in [5, 5.41) is 7.33. The summed E-state index contributed by atoms with van der Waals surface area (Å²) in [7, 11) is 0. The second-order valence-electron chi connectivity index (χ2n) is 5.48. The summed E-state index contributed by atoms with van der Waals surface area (Å²) in [5.41, 5.74) is 0. The molecule has 17 heavy (non-hydrogen) atoms. The van der Waals surface area contributed by atoms with E-state index in [2.05, 4.69) is 47.4 Å². The zero-order chi connectivity index (χ0) is 12.6. The van der Waals surface area contributed by atoms with Crippen molar-refractivity contribution in [2.75, 3.05) is 11.4 Å². The van der Waals surface area contributed by atoms with Gasteiger partial charge in [0.15, 0.2) is 4.77 Å². The molecule has 1 aromatic heterocycles. The van der Waals surface area contributed by atoms with Crippen LogP contribution in [0.1, 0.15) is 46.6 Å². The van der Waals surface area contributed by atoms with Crippen molar-refractivity contribution >= 4 is 18.2 Å². The first-order valence-corrected chi connectivity index (χ1v) is 6.85. The molecule has 96 valence electrons. The van der Waals surface area contributed by atoms with Crippen molar-refractivity contribution in [1.82, 2.24) is 14.8 Å². The monoisotopic (exact) mass is 254 g/mol. The first-order valence-electron chi connectivity index (χ1n) is 6.44. The Morgan fingerprint density at radius 1 is 1.41 bits per heavy atom. The molecular weight excluding hydrogens is 232 g/mol. The lowest BCUT2D eigenvalue weighted by atomic mass is 10.3. The number of hydrogen-bond acceptors (Lipinski definition) is 3. The Balaban J connectivity index is 2.31. The topological polar surface area (TPSA) is 36.9 Å². The van der Waals surface area contributed by atoms with Crippen molar-refractivity contribution in [3.63, 3.8) is 0 Å². The fraction of sp³-hybridized carbons (Fsp3) is 0.833. The van der Waals surface area contributed by atoms with Gasteiger partial charge in [0.25, 0.3) is 0 Å². The molecule has 1 saturated carbocycles. The predicted molar refractivity (Wildman–Crippen MR) is 73.0 cm³/mol. The fourth-order valence-corrected chi connectivity index (χ4v) is 2.40. The molecular formula is C12H22N4S. The zero-order valence-electron chi connectivity index (χ0n) is 11.1. The van der Waals surface area contributed by atoms with Gasteiger partial charge in [0, 0.05) is 18.6 Å². The average Bonchev–Trinajstić information content (AvgIpc) is 2.97. The van der Waals surface area contributed by atoms with Crippen LogP contribution in [0.5, 0.6) is 0 Å². The van der Waals surface area contributed by atoms with E-state index in [4.69, 9.17) is 12.2 Å². The van der Waals surface area contributed by atoms with E-state index in [-0.39, 0.29) is 0 Å². The molecule has 2 rings (SSSR count). The van der Waals surface area contributed by atoms with E-state index in [1.807, 2.05) is 0 Å². The maximum atomic E-state index is 5.30. The molecule has 0 atom stereocenters. The van der Waals surface area contributed by atoms with E-state index < -0.39 is 0 Å². The van der Waals surface area contributed by atoms with Gasteiger partial charge in [-0.15, -0.1) is 5.10 Å². The molecule has 0 radical (unpaired) electrons. The van der Waals surface area contributed by atoms with E-state index in [0.717, 1.165) is 23.2 Å². The molecule has 0 saturated heterocycles. The highest BCUT2D eigenvalue weighted by atomic mass is 32.1. The zero-order valence-corrected chi connectivity index (χ0v) is 11.9. The second-order valence-corrected chi connectivity index (χ2v) is 5.87. The smallest absolute Gasteiger partial charge is 0.226 e. The summed E-state index contributed by atoms with van der Waals surface area (Å²) in [5.74, 6) is 1.84. The predicted octanol–water partition coefficient (Wildman–Crippen LogP) is 3.15. The number of aromatic nitrogens is 3. The van der Waals surface area contributed by atoms with Gasteiger partial charge in [-0.3, -0.25) is 4.57 Å². The summed E-state index contributed by atoms with van der Waals surface area (Å²) in [6, 6.07) is 0.801. The molecule has 0 bridgehead atoms. The minimum Gasteiger partial charge on any atom is -0.338 e. The summed E-state index contributed by atoms with van der Waals surface area (Å²) in [6.07, 6.45) is 2.71. The van der Waals surface area contributed by atoms with Crippen LogP contribution in [0.4, 0.5) is 5.95 Å². The molecule has 1 aliphatic carbocycles. The number of rotatable bonds is 5. The lowest BCUT2D eigenvalue weighted by molar-refractivity contribution is 0.550. The van der Waals surface area contributed by atoms with Gasteiger partial charge in [-0.05, 0) is 58.7 Å². The fourth-order valence-electron chi connectivity index (χ4n) is 2.07. The Morgan fingerprint density at radius 3 is 2.53 bits per heavy atom. The molecule has 0 aromatic carbocycles. The van der Waals surface area contributed by atoms with Gasteiger partial charge >= 0.3 is 0 Å². The second kappa shape index (κ2) is 4.80. The third kappa shape index (κ3) is 2.70. The maximum Gasteiger partial charge on any atom is 0.226 e. The molecule has 0 amide bonds. The highest BCUT2D eigenvalue weighted by Gasteiger charge is 2.28. The largest absolute Gasteiger partial charge is 0.338 e.